The molecule has 1 aliphatic heterocycles. The number of hydrogen-bond acceptors (Lipinski definition) is 4. The molecule has 2 aliphatic rings. The Kier molecular flexibility index (Phi) is 3.65. The summed E-state index contributed by atoms with van der Waals surface area (Å²) in [5.41, 5.74) is 2.02. The standard InChI is InChI=1S/C18H23N5/c1-19-18(14-7-3-2-4-8-14)15-9-5-6-10-16(15)21-17(22-18)23-12-11-20-13-23/h5-6,9-14,19H,2-4,7-8H2,1H3,(H,21,22). The quantitative estimate of drug-likeness (QED) is 0.896. The summed E-state index contributed by atoms with van der Waals surface area (Å²) >= 11 is 0. The van der Waals surface area contributed by atoms with Crippen molar-refractivity contribution in [2.45, 2.75) is 37.8 Å². The van der Waals surface area contributed by atoms with E-state index in [1.54, 1.807) is 12.5 Å². The van der Waals surface area contributed by atoms with E-state index in [1.807, 2.05) is 17.8 Å². The Hall–Kier alpha value is -2.14. The fourth-order valence-corrected chi connectivity index (χ4v) is 4.03. The average molecular weight is 309 g/mol. The topological polar surface area (TPSA) is 54.2 Å². The van der Waals surface area contributed by atoms with E-state index in [0.29, 0.717) is 5.92 Å². The highest BCUT2D eigenvalue weighted by Gasteiger charge is 2.43. The van der Waals surface area contributed by atoms with Gasteiger partial charge < -0.3 is 5.32 Å². The number of hydrogen-bond donors (Lipinski definition) is 2. The molecule has 0 saturated heterocycles. The van der Waals surface area contributed by atoms with Crippen LogP contribution in [0.25, 0.3) is 0 Å². The summed E-state index contributed by atoms with van der Waals surface area (Å²) in [6.07, 6.45) is 11.9. The molecular weight excluding hydrogens is 286 g/mol. The van der Waals surface area contributed by atoms with Crippen LogP contribution in [0.3, 0.4) is 0 Å². The molecule has 1 atom stereocenters. The van der Waals surface area contributed by atoms with Gasteiger partial charge in [0, 0.05) is 29.6 Å². The first-order chi connectivity index (χ1) is 11.3. The summed E-state index contributed by atoms with van der Waals surface area (Å²) in [6, 6.07) is 8.51. The van der Waals surface area contributed by atoms with Crippen molar-refractivity contribution < 1.29 is 0 Å². The zero-order chi connectivity index (χ0) is 15.7. The van der Waals surface area contributed by atoms with Crippen LogP contribution >= 0.6 is 0 Å². The van der Waals surface area contributed by atoms with Gasteiger partial charge in [0.15, 0.2) is 0 Å². The summed E-state index contributed by atoms with van der Waals surface area (Å²) in [5, 5.41) is 7.03. The van der Waals surface area contributed by atoms with Crippen molar-refractivity contribution >= 4 is 11.6 Å². The van der Waals surface area contributed by atoms with Crippen LogP contribution in [0.2, 0.25) is 0 Å². The minimum absolute atomic E-state index is 0.359. The minimum atomic E-state index is -0.359. The molecule has 2 aromatic rings. The van der Waals surface area contributed by atoms with Crippen LogP contribution in [0.4, 0.5) is 5.69 Å². The van der Waals surface area contributed by atoms with Crippen molar-refractivity contribution in [2.75, 3.05) is 12.4 Å². The molecule has 1 saturated carbocycles. The number of nitrogens with one attached hydrogen (secondary N) is 2. The van der Waals surface area contributed by atoms with E-state index in [4.69, 9.17) is 4.99 Å². The molecule has 1 aromatic heterocycles. The highest BCUT2D eigenvalue weighted by atomic mass is 15.3. The molecule has 1 aromatic carbocycles. The Morgan fingerprint density at radius 2 is 2.04 bits per heavy atom. The van der Waals surface area contributed by atoms with Crippen LogP contribution in [-0.4, -0.2) is 22.6 Å². The monoisotopic (exact) mass is 309 g/mol. The summed E-state index contributed by atoms with van der Waals surface area (Å²) < 4.78 is 1.95. The lowest BCUT2D eigenvalue weighted by molar-refractivity contribution is 0.177. The van der Waals surface area contributed by atoms with Crippen molar-refractivity contribution in [1.82, 2.24) is 14.9 Å². The van der Waals surface area contributed by atoms with Gasteiger partial charge in [-0.15, -0.1) is 0 Å². The molecule has 0 radical (unpaired) electrons. The van der Waals surface area contributed by atoms with E-state index >= 15 is 0 Å². The van der Waals surface area contributed by atoms with Gasteiger partial charge >= 0.3 is 0 Å². The van der Waals surface area contributed by atoms with E-state index in [9.17, 15) is 0 Å². The van der Waals surface area contributed by atoms with E-state index in [1.165, 1.54) is 37.7 Å². The molecule has 120 valence electrons. The van der Waals surface area contributed by atoms with Gasteiger partial charge in [0.25, 0.3) is 0 Å². The number of benzene rings is 1. The molecule has 1 aliphatic carbocycles. The number of fused-ring (bicyclic) bond motifs is 1. The molecule has 0 amide bonds. The molecule has 1 unspecified atom stereocenters. The summed E-state index contributed by atoms with van der Waals surface area (Å²) in [4.78, 5) is 9.32. The first-order valence-corrected chi connectivity index (χ1v) is 8.47. The minimum Gasteiger partial charge on any atom is -0.325 e. The van der Waals surface area contributed by atoms with Gasteiger partial charge in [-0.05, 0) is 26.0 Å². The van der Waals surface area contributed by atoms with E-state index in [0.717, 1.165) is 11.6 Å². The second kappa shape index (κ2) is 5.81. The number of nitrogens with zero attached hydrogens (tertiary/aromatic N) is 3. The zero-order valence-electron chi connectivity index (χ0n) is 13.5. The maximum Gasteiger partial charge on any atom is 0.210 e. The Morgan fingerprint density at radius 3 is 2.78 bits per heavy atom. The third-order valence-corrected chi connectivity index (χ3v) is 5.19. The normalized spacial score (nSPS) is 24.7. The Balaban J connectivity index is 1.86. The molecule has 1 fully saturated rings. The zero-order valence-corrected chi connectivity index (χ0v) is 13.5. The van der Waals surface area contributed by atoms with E-state index in [-0.39, 0.29) is 5.66 Å². The molecule has 5 heteroatoms. The van der Waals surface area contributed by atoms with Crippen LogP contribution in [-0.2, 0) is 5.66 Å². The van der Waals surface area contributed by atoms with Gasteiger partial charge in [0.05, 0.1) is 0 Å². The van der Waals surface area contributed by atoms with E-state index in [2.05, 4.69) is 39.9 Å². The third-order valence-electron chi connectivity index (χ3n) is 5.19. The highest BCUT2D eigenvalue weighted by molar-refractivity contribution is 5.98. The maximum atomic E-state index is 5.16. The summed E-state index contributed by atoms with van der Waals surface area (Å²) in [6.45, 7) is 0. The Labute approximate surface area is 136 Å². The first kappa shape index (κ1) is 14.5. The second-order valence-electron chi connectivity index (χ2n) is 6.43. The molecule has 5 nitrogen and oxygen atoms in total. The van der Waals surface area contributed by atoms with Gasteiger partial charge in [0.1, 0.15) is 12.0 Å². The van der Waals surface area contributed by atoms with Crippen LogP contribution in [0.5, 0.6) is 0 Å². The Morgan fingerprint density at radius 1 is 1.22 bits per heavy atom. The molecule has 4 rings (SSSR count). The van der Waals surface area contributed by atoms with Gasteiger partial charge in [-0.25, -0.2) is 9.98 Å². The van der Waals surface area contributed by atoms with Crippen LogP contribution < -0.4 is 10.6 Å². The van der Waals surface area contributed by atoms with Crippen LogP contribution in [0, 0.1) is 5.92 Å². The number of aliphatic imine (C=N–C) groups is 1. The van der Waals surface area contributed by atoms with Crippen LogP contribution in [0.1, 0.15) is 37.7 Å². The first-order valence-electron chi connectivity index (χ1n) is 8.47. The van der Waals surface area contributed by atoms with Gasteiger partial charge in [-0.3, -0.25) is 9.88 Å². The second-order valence-corrected chi connectivity index (χ2v) is 6.43. The fraction of sp³-hybridized carbons (Fsp3) is 0.444. The largest absolute Gasteiger partial charge is 0.325 e. The van der Waals surface area contributed by atoms with Gasteiger partial charge in [-0.2, -0.15) is 0 Å². The lowest BCUT2D eigenvalue weighted by atomic mass is 9.75. The summed E-state index contributed by atoms with van der Waals surface area (Å²) in [5.74, 6) is 1.35. The fourth-order valence-electron chi connectivity index (χ4n) is 4.03. The highest BCUT2D eigenvalue weighted by Crippen LogP contribution is 2.44. The number of aromatic nitrogens is 2. The SMILES string of the molecule is CNC1(C2CCCCC2)N=C(n2ccnc2)Nc2ccccc21. The summed E-state index contributed by atoms with van der Waals surface area (Å²) in [7, 11) is 2.03. The number of rotatable bonds is 2. The molecule has 0 spiro atoms. The molecule has 2 heterocycles. The number of imidazole rings is 1. The van der Waals surface area contributed by atoms with Gasteiger partial charge in [-0.1, -0.05) is 37.5 Å². The van der Waals surface area contributed by atoms with Gasteiger partial charge in [0.2, 0.25) is 5.96 Å². The van der Waals surface area contributed by atoms with Crippen molar-refractivity contribution in [1.29, 1.82) is 0 Å². The van der Waals surface area contributed by atoms with Crippen molar-refractivity contribution in [3.8, 4) is 0 Å². The van der Waals surface area contributed by atoms with Crippen molar-refractivity contribution in [3.05, 3.63) is 48.5 Å². The predicted octanol–water partition coefficient (Wildman–Crippen LogP) is 3.17. The lowest BCUT2D eigenvalue weighted by Gasteiger charge is -2.43. The number of anilines is 1. The number of para-hydroxylation sites is 1. The smallest absolute Gasteiger partial charge is 0.210 e. The maximum absolute atomic E-state index is 5.16. The van der Waals surface area contributed by atoms with Crippen molar-refractivity contribution in [2.24, 2.45) is 10.9 Å². The molecule has 23 heavy (non-hydrogen) atoms. The molecular formula is C18H23N5. The molecule has 2 N–H and O–H groups in total. The molecule has 0 bridgehead atoms. The predicted molar refractivity (Wildman–Crippen MR) is 92.4 cm³/mol. The Bertz CT molecular complexity index is 700. The van der Waals surface area contributed by atoms with Crippen molar-refractivity contribution in [3.63, 3.8) is 0 Å². The van der Waals surface area contributed by atoms with Crippen LogP contribution in [0.15, 0.2) is 48.0 Å². The average Bonchev–Trinajstić information content (AvgIpc) is 3.16. The third kappa shape index (κ3) is 2.36. The lowest BCUT2D eigenvalue weighted by Crippen LogP contribution is -2.50. The van der Waals surface area contributed by atoms with E-state index < -0.39 is 0 Å².